The molecule has 138 valence electrons. The fourth-order valence-electron chi connectivity index (χ4n) is 3.76. The number of rotatable bonds is 3. The van der Waals surface area contributed by atoms with Crippen molar-refractivity contribution < 1.29 is 4.79 Å². The normalized spacial score (nSPS) is 17.1. The van der Waals surface area contributed by atoms with E-state index in [1.807, 2.05) is 30.2 Å². The third-order valence-corrected chi connectivity index (χ3v) is 5.22. The predicted molar refractivity (Wildman–Crippen MR) is 103 cm³/mol. The van der Waals surface area contributed by atoms with Gasteiger partial charge in [0.1, 0.15) is 5.69 Å². The number of likely N-dealkylation sites (tertiary alicyclic amines) is 1. The number of carbonyl (C=O) groups is 1. The van der Waals surface area contributed by atoms with Crippen molar-refractivity contribution in [2.45, 2.75) is 32.6 Å². The summed E-state index contributed by atoms with van der Waals surface area (Å²) in [7, 11) is 0. The molecule has 1 aromatic carbocycles. The highest BCUT2D eigenvalue weighted by molar-refractivity contribution is 5.92. The predicted octanol–water partition coefficient (Wildman–Crippen LogP) is 3.50. The van der Waals surface area contributed by atoms with Crippen molar-refractivity contribution in [1.29, 1.82) is 0 Å². The largest absolute Gasteiger partial charge is 0.337 e. The minimum Gasteiger partial charge on any atom is -0.337 e. The van der Waals surface area contributed by atoms with E-state index < -0.39 is 0 Å². The van der Waals surface area contributed by atoms with Crippen molar-refractivity contribution in [3.63, 3.8) is 0 Å². The number of hydrogen-bond acceptors (Lipinski definition) is 4. The zero-order chi connectivity index (χ0) is 18.8. The van der Waals surface area contributed by atoms with Gasteiger partial charge in [-0.25, -0.2) is 4.98 Å². The van der Waals surface area contributed by atoms with E-state index in [2.05, 4.69) is 39.2 Å². The molecule has 1 aliphatic rings. The number of amides is 1. The van der Waals surface area contributed by atoms with Gasteiger partial charge in [-0.15, -0.1) is 0 Å². The number of benzene rings is 1. The maximum atomic E-state index is 12.8. The van der Waals surface area contributed by atoms with Crippen LogP contribution in [0.15, 0.2) is 42.9 Å². The second-order valence-electron chi connectivity index (χ2n) is 7.15. The maximum Gasteiger partial charge on any atom is 0.274 e. The van der Waals surface area contributed by atoms with Crippen LogP contribution >= 0.6 is 0 Å². The summed E-state index contributed by atoms with van der Waals surface area (Å²) < 4.78 is 0. The third kappa shape index (κ3) is 3.47. The molecule has 3 aromatic rings. The Hall–Kier alpha value is -3.02. The first kappa shape index (κ1) is 17.4. The summed E-state index contributed by atoms with van der Waals surface area (Å²) in [6.45, 7) is 5.39. The van der Waals surface area contributed by atoms with Crippen LogP contribution in [-0.4, -0.2) is 44.1 Å². The molecular weight excluding hydrogens is 338 g/mol. The van der Waals surface area contributed by atoms with Crippen molar-refractivity contribution in [2.75, 3.05) is 13.1 Å². The number of hydrogen-bond donors (Lipinski definition) is 1. The molecule has 1 aliphatic heterocycles. The molecule has 1 saturated heterocycles. The SMILES string of the molecule is Cc1cnc(C(=O)N2CCC[C@@H](c3[nH]ncc3-c3ccccc3C)C2)cn1. The number of carbonyl (C=O) groups excluding carboxylic acids is 1. The van der Waals surface area contributed by atoms with Crippen LogP contribution in [0.3, 0.4) is 0 Å². The fraction of sp³-hybridized carbons (Fsp3) is 0.333. The third-order valence-electron chi connectivity index (χ3n) is 5.22. The molecule has 6 heteroatoms. The molecule has 1 fully saturated rings. The molecular formula is C21H23N5O. The summed E-state index contributed by atoms with van der Waals surface area (Å²) in [5, 5.41) is 7.49. The van der Waals surface area contributed by atoms with Gasteiger partial charge in [0, 0.05) is 36.5 Å². The molecule has 3 heterocycles. The number of piperidine rings is 1. The fourth-order valence-corrected chi connectivity index (χ4v) is 3.76. The monoisotopic (exact) mass is 361 g/mol. The number of aromatic nitrogens is 4. The van der Waals surface area contributed by atoms with Crippen LogP contribution in [0.1, 0.15) is 46.2 Å². The van der Waals surface area contributed by atoms with Crippen molar-refractivity contribution in [1.82, 2.24) is 25.1 Å². The lowest BCUT2D eigenvalue weighted by molar-refractivity contribution is 0.0699. The number of nitrogens with zero attached hydrogens (tertiary/aromatic N) is 4. The Kier molecular flexibility index (Phi) is 4.71. The quantitative estimate of drug-likeness (QED) is 0.775. The van der Waals surface area contributed by atoms with Crippen LogP contribution in [0.2, 0.25) is 0 Å². The number of nitrogens with one attached hydrogen (secondary N) is 1. The molecule has 0 unspecified atom stereocenters. The molecule has 2 aromatic heterocycles. The molecule has 1 amide bonds. The van der Waals surface area contributed by atoms with E-state index in [4.69, 9.17) is 0 Å². The first-order chi connectivity index (χ1) is 13.1. The van der Waals surface area contributed by atoms with Gasteiger partial charge in [-0.2, -0.15) is 5.10 Å². The molecule has 27 heavy (non-hydrogen) atoms. The topological polar surface area (TPSA) is 74.8 Å². The van der Waals surface area contributed by atoms with E-state index >= 15 is 0 Å². The Labute approximate surface area is 158 Å². The van der Waals surface area contributed by atoms with Crippen molar-refractivity contribution in [2.24, 2.45) is 0 Å². The Bertz CT molecular complexity index is 947. The molecule has 0 aliphatic carbocycles. The number of aryl methyl sites for hydroxylation is 2. The van der Waals surface area contributed by atoms with Gasteiger partial charge >= 0.3 is 0 Å². The van der Waals surface area contributed by atoms with E-state index in [0.717, 1.165) is 36.3 Å². The number of H-pyrrole nitrogens is 1. The average Bonchev–Trinajstić information content (AvgIpc) is 3.18. The van der Waals surface area contributed by atoms with E-state index in [0.29, 0.717) is 12.2 Å². The van der Waals surface area contributed by atoms with Crippen LogP contribution < -0.4 is 0 Å². The van der Waals surface area contributed by atoms with Gasteiger partial charge in [0.05, 0.1) is 18.1 Å². The summed E-state index contributed by atoms with van der Waals surface area (Å²) in [5.41, 5.74) is 5.86. The lowest BCUT2D eigenvalue weighted by atomic mass is 9.89. The van der Waals surface area contributed by atoms with Crippen molar-refractivity contribution in [3.05, 3.63) is 65.5 Å². The van der Waals surface area contributed by atoms with Gasteiger partial charge in [-0.3, -0.25) is 14.9 Å². The Morgan fingerprint density at radius 1 is 1.11 bits per heavy atom. The molecule has 1 N–H and O–H groups in total. The summed E-state index contributed by atoms with van der Waals surface area (Å²) in [5.74, 6) is 0.183. The standard InChI is InChI=1S/C21H23N5O/c1-14-6-3-4-8-17(14)18-11-24-25-20(18)16-7-5-9-26(13-16)21(27)19-12-22-15(2)10-23-19/h3-4,6,8,10-12,16H,5,7,9,13H2,1-2H3,(H,24,25)/t16-/m1/s1. The molecule has 1 atom stereocenters. The van der Waals surface area contributed by atoms with Crippen LogP contribution in [-0.2, 0) is 0 Å². The zero-order valence-electron chi connectivity index (χ0n) is 15.6. The van der Waals surface area contributed by atoms with Crippen molar-refractivity contribution >= 4 is 5.91 Å². The lowest BCUT2D eigenvalue weighted by Gasteiger charge is -2.32. The molecule has 0 saturated carbocycles. The van der Waals surface area contributed by atoms with Crippen LogP contribution in [0.5, 0.6) is 0 Å². The first-order valence-corrected chi connectivity index (χ1v) is 9.30. The molecule has 0 spiro atoms. The maximum absolute atomic E-state index is 12.8. The minimum absolute atomic E-state index is 0.0517. The summed E-state index contributed by atoms with van der Waals surface area (Å²) in [6, 6.07) is 8.32. The van der Waals surface area contributed by atoms with Crippen molar-refractivity contribution in [3.8, 4) is 11.1 Å². The summed E-state index contributed by atoms with van der Waals surface area (Å²) in [4.78, 5) is 23.2. The second kappa shape index (κ2) is 7.31. The van der Waals surface area contributed by atoms with E-state index in [1.165, 1.54) is 11.1 Å². The zero-order valence-corrected chi connectivity index (χ0v) is 15.6. The minimum atomic E-state index is -0.0517. The molecule has 6 nitrogen and oxygen atoms in total. The van der Waals surface area contributed by atoms with Gasteiger partial charge < -0.3 is 4.90 Å². The Morgan fingerprint density at radius 3 is 2.74 bits per heavy atom. The Morgan fingerprint density at radius 2 is 1.96 bits per heavy atom. The highest BCUT2D eigenvalue weighted by Gasteiger charge is 2.29. The summed E-state index contributed by atoms with van der Waals surface area (Å²) in [6.07, 6.45) is 7.09. The van der Waals surface area contributed by atoms with E-state index in [1.54, 1.807) is 12.4 Å². The van der Waals surface area contributed by atoms with Crippen LogP contribution in [0, 0.1) is 13.8 Å². The summed E-state index contributed by atoms with van der Waals surface area (Å²) >= 11 is 0. The highest BCUT2D eigenvalue weighted by atomic mass is 16.2. The second-order valence-corrected chi connectivity index (χ2v) is 7.15. The lowest BCUT2D eigenvalue weighted by Crippen LogP contribution is -2.39. The Balaban J connectivity index is 1.58. The first-order valence-electron chi connectivity index (χ1n) is 9.30. The van der Waals surface area contributed by atoms with Gasteiger partial charge in [0.15, 0.2) is 0 Å². The average molecular weight is 361 g/mol. The molecule has 4 rings (SSSR count). The highest BCUT2D eigenvalue weighted by Crippen LogP contribution is 2.34. The van der Waals surface area contributed by atoms with Gasteiger partial charge in [0.25, 0.3) is 5.91 Å². The van der Waals surface area contributed by atoms with Crippen LogP contribution in [0.25, 0.3) is 11.1 Å². The van der Waals surface area contributed by atoms with E-state index in [9.17, 15) is 4.79 Å². The smallest absolute Gasteiger partial charge is 0.274 e. The van der Waals surface area contributed by atoms with Gasteiger partial charge in [0.2, 0.25) is 0 Å². The van der Waals surface area contributed by atoms with Gasteiger partial charge in [-0.05, 0) is 37.8 Å². The van der Waals surface area contributed by atoms with Gasteiger partial charge in [-0.1, -0.05) is 24.3 Å². The van der Waals surface area contributed by atoms with E-state index in [-0.39, 0.29) is 11.8 Å². The number of aromatic amines is 1. The molecule has 0 radical (unpaired) electrons. The van der Waals surface area contributed by atoms with Crippen LogP contribution in [0.4, 0.5) is 0 Å². The molecule has 0 bridgehead atoms.